The number of hydrogen-bond acceptors (Lipinski definition) is 9. The predicted octanol–water partition coefficient (Wildman–Crippen LogP) is 6.17. The lowest BCUT2D eigenvalue weighted by atomic mass is 9.90. The molecule has 11 nitrogen and oxygen atoms in total. The van der Waals surface area contributed by atoms with Crippen LogP contribution >= 0.6 is 0 Å². The number of amidine groups is 1. The Hall–Kier alpha value is -3.99. The fourth-order valence-electron chi connectivity index (χ4n) is 5.23. The smallest absolute Gasteiger partial charge is 0.435 e. The second-order valence-corrected chi connectivity index (χ2v) is 13.3. The van der Waals surface area contributed by atoms with Gasteiger partial charge in [0.05, 0.1) is 23.0 Å². The third kappa shape index (κ3) is 8.34. The maximum atomic E-state index is 13.4. The molecule has 1 saturated heterocycles. The molecule has 3 heterocycles. The molecule has 0 spiro atoms. The molecule has 11 heteroatoms. The normalized spacial score (nSPS) is 23.7. The second-order valence-electron chi connectivity index (χ2n) is 13.3. The molecule has 44 heavy (non-hydrogen) atoms. The number of ether oxygens (including phenoxy) is 3. The number of aliphatic imine (C=N–C) groups is 2. The number of carbonyl (C=O) groups is 2. The van der Waals surface area contributed by atoms with Crippen molar-refractivity contribution in [2.45, 2.75) is 110 Å². The van der Waals surface area contributed by atoms with Gasteiger partial charge in [0.1, 0.15) is 17.4 Å². The van der Waals surface area contributed by atoms with Crippen molar-refractivity contribution in [1.82, 2.24) is 15.3 Å². The third-order valence-electron chi connectivity index (χ3n) is 7.27. The Balaban J connectivity index is 1.75. The van der Waals surface area contributed by atoms with Crippen molar-refractivity contribution in [3.63, 3.8) is 0 Å². The van der Waals surface area contributed by atoms with Crippen LogP contribution in [0.1, 0.15) is 79.7 Å². The molecule has 0 aliphatic carbocycles. The minimum absolute atomic E-state index is 0.200. The Labute approximate surface area is 260 Å². The Morgan fingerprint density at radius 1 is 1.16 bits per heavy atom. The van der Waals surface area contributed by atoms with E-state index in [0.29, 0.717) is 19.6 Å². The van der Waals surface area contributed by atoms with E-state index in [1.54, 1.807) is 47.6 Å². The van der Waals surface area contributed by atoms with Crippen LogP contribution in [-0.2, 0) is 20.8 Å². The molecular formula is C33H46N6O5. The van der Waals surface area contributed by atoms with E-state index >= 15 is 0 Å². The van der Waals surface area contributed by atoms with Gasteiger partial charge >= 0.3 is 12.2 Å². The number of allylic oxidation sites excluding steroid dienone is 1. The van der Waals surface area contributed by atoms with Gasteiger partial charge in [-0.3, -0.25) is 9.98 Å². The Morgan fingerprint density at radius 3 is 2.48 bits per heavy atom. The summed E-state index contributed by atoms with van der Waals surface area (Å²) < 4.78 is 17.0. The van der Waals surface area contributed by atoms with E-state index in [4.69, 9.17) is 29.6 Å². The zero-order valence-electron chi connectivity index (χ0n) is 26.9. The summed E-state index contributed by atoms with van der Waals surface area (Å²) in [7, 11) is 0. The third-order valence-corrected chi connectivity index (χ3v) is 7.27. The molecule has 0 saturated carbocycles. The number of rotatable bonds is 6. The quantitative estimate of drug-likeness (QED) is 0.295. The van der Waals surface area contributed by atoms with Crippen LogP contribution < -0.4 is 5.43 Å². The monoisotopic (exact) mass is 606 g/mol. The van der Waals surface area contributed by atoms with Gasteiger partial charge in [-0.1, -0.05) is 36.4 Å². The molecule has 238 valence electrons. The number of dihydropyridines is 1. The SMILES string of the molecule is CC(C)(C)OC(=O)NN(C(=O)OC(C)(C)C)C1=NC2C=C(C(CC=N)=NC3CCCCO3)N(Cc3ccccc3)C2(C)C=C1. The molecule has 3 aliphatic heterocycles. The number of amides is 2. The molecule has 3 atom stereocenters. The lowest BCUT2D eigenvalue weighted by Crippen LogP contribution is -2.55. The lowest BCUT2D eigenvalue weighted by molar-refractivity contribution is 0.0164. The molecule has 0 aromatic heterocycles. The molecule has 0 radical (unpaired) electrons. The van der Waals surface area contributed by atoms with E-state index in [9.17, 15) is 9.59 Å². The minimum Gasteiger partial charge on any atom is -0.443 e. The summed E-state index contributed by atoms with van der Waals surface area (Å²) in [6, 6.07) is 9.69. The topological polar surface area (TPSA) is 129 Å². The van der Waals surface area contributed by atoms with Crippen LogP contribution in [0.5, 0.6) is 0 Å². The first kappa shape index (κ1) is 32.9. The highest BCUT2D eigenvalue weighted by molar-refractivity contribution is 6.08. The van der Waals surface area contributed by atoms with Crippen LogP contribution in [0.3, 0.4) is 0 Å². The van der Waals surface area contributed by atoms with Crippen LogP contribution in [0, 0.1) is 5.41 Å². The van der Waals surface area contributed by atoms with Crippen LogP contribution in [0.15, 0.2) is 64.2 Å². The molecule has 2 amide bonds. The Morgan fingerprint density at radius 2 is 1.86 bits per heavy atom. The molecule has 1 aromatic carbocycles. The number of nitrogens with one attached hydrogen (secondary N) is 2. The number of nitrogens with zero attached hydrogens (tertiary/aromatic N) is 4. The lowest BCUT2D eigenvalue weighted by Gasteiger charge is -2.41. The highest BCUT2D eigenvalue weighted by Crippen LogP contribution is 2.40. The number of hydrazine groups is 1. The van der Waals surface area contributed by atoms with Crippen molar-refractivity contribution in [1.29, 1.82) is 5.41 Å². The molecule has 1 fully saturated rings. The summed E-state index contributed by atoms with van der Waals surface area (Å²) in [5, 5.41) is 8.93. The van der Waals surface area contributed by atoms with Gasteiger partial charge in [0.25, 0.3) is 0 Å². The van der Waals surface area contributed by atoms with Crippen molar-refractivity contribution in [3.05, 3.63) is 59.8 Å². The average molecular weight is 607 g/mol. The number of fused-ring (bicyclic) bond motifs is 1. The second kappa shape index (κ2) is 13.3. The van der Waals surface area contributed by atoms with E-state index in [0.717, 1.165) is 41.2 Å². The summed E-state index contributed by atoms with van der Waals surface area (Å²) in [6.07, 6.45) is 8.44. The van der Waals surface area contributed by atoms with Crippen molar-refractivity contribution in [3.8, 4) is 0 Å². The largest absolute Gasteiger partial charge is 0.443 e. The molecule has 1 aromatic rings. The first-order chi connectivity index (χ1) is 20.7. The highest BCUT2D eigenvalue weighted by Gasteiger charge is 2.47. The van der Waals surface area contributed by atoms with Gasteiger partial charge in [0.2, 0.25) is 0 Å². The van der Waals surface area contributed by atoms with Crippen LogP contribution in [0.2, 0.25) is 0 Å². The summed E-state index contributed by atoms with van der Waals surface area (Å²) in [4.78, 5) is 38.4. The van der Waals surface area contributed by atoms with Gasteiger partial charge in [-0.2, -0.15) is 5.01 Å². The Kier molecular flexibility index (Phi) is 9.98. The van der Waals surface area contributed by atoms with Gasteiger partial charge < -0.3 is 24.5 Å². The van der Waals surface area contributed by atoms with E-state index in [2.05, 4.69) is 29.4 Å². The number of benzene rings is 1. The summed E-state index contributed by atoms with van der Waals surface area (Å²) in [5.41, 5.74) is 3.02. The summed E-state index contributed by atoms with van der Waals surface area (Å²) in [6.45, 7) is 13.8. The summed E-state index contributed by atoms with van der Waals surface area (Å²) in [5.74, 6) is 0.200. The standard InChI is InChI=1S/C33H46N6O5/c1-31(2,3)43-29(40)37-39(30(41)44-32(4,5)6)27-16-18-33(7)26(36-27)21-25(38(33)22-23-13-9-8-10-14-23)24(17-19-34)35-28-15-11-12-20-42-28/h8-10,13-14,16,18-19,21,26,28,34H,11-12,15,17,20,22H2,1-7H3,(H,37,40). The fourth-order valence-corrected chi connectivity index (χ4v) is 5.23. The minimum atomic E-state index is -0.815. The predicted molar refractivity (Wildman–Crippen MR) is 171 cm³/mol. The van der Waals surface area contributed by atoms with Crippen LogP contribution in [0.25, 0.3) is 0 Å². The van der Waals surface area contributed by atoms with Gasteiger partial charge in [-0.15, -0.1) is 0 Å². The maximum absolute atomic E-state index is 13.4. The van der Waals surface area contributed by atoms with Crippen molar-refractivity contribution < 1.29 is 23.8 Å². The van der Waals surface area contributed by atoms with Crippen molar-refractivity contribution >= 4 is 29.9 Å². The highest BCUT2D eigenvalue weighted by atomic mass is 16.6. The molecule has 0 bridgehead atoms. The van der Waals surface area contributed by atoms with E-state index in [1.165, 1.54) is 6.21 Å². The maximum Gasteiger partial charge on any atom is 0.435 e. The fraction of sp³-hybridized carbons (Fsp3) is 0.545. The van der Waals surface area contributed by atoms with E-state index in [-0.39, 0.29) is 12.1 Å². The molecule has 4 rings (SSSR count). The number of carbonyl (C=O) groups excluding carboxylic acids is 2. The first-order valence-corrected chi connectivity index (χ1v) is 15.2. The van der Waals surface area contributed by atoms with Gasteiger partial charge in [0, 0.05) is 25.8 Å². The van der Waals surface area contributed by atoms with Crippen LogP contribution in [-0.4, -0.2) is 75.5 Å². The zero-order chi connectivity index (χ0) is 32.1. The van der Waals surface area contributed by atoms with Gasteiger partial charge in [-0.25, -0.2) is 15.0 Å². The number of hydrogen-bond donors (Lipinski definition) is 2. The molecule has 3 unspecified atom stereocenters. The van der Waals surface area contributed by atoms with Crippen LogP contribution in [0.4, 0.5) is 9.59 Å². The van der Waals surface area contributed by atoms with Crippen molar-refractivity contribution in [2.24, 2.45) is 9.98 Å². The Bertz CT molecular complexity index is 1330. The van der Waals surface area contributed by atoms with Gasteiger partial charge in [0.15, 0.2) is 5.84 Å². The van der Waals surface area contributed by atoms with Crippen molar-refractivity contribution in [2.75, 3.05) is 6.61 Å². The van der Waals surface area contributed by atoms with E-state index < -0.39 is 35.0 Å². The average Bonchev–Trinajstić information content (AvgIpc) is 3.22. The zero-order valence-corrected chi connectivity index (χ0v) is 26.9. The molecule has 3 aliphatic rings. The van der Waals surface area contributed by atoms with Gasteiger partial charge in [-0.05, 0) is 85.4 Å². The molecule has 2 N–H and O–H groups in total. The summed E-state index contributed by atoms with van der Waals surface area (Å²) >= 11 is 0. The van der Waals surface area contributed by atoms with E-state index in [1.807, 2.05) is 30.4 Å². The first-order valence-electron chi connectivity index (χ1n) is 15.2. The molecular weight excluding hydrogens is 560 g/mol.